The number of alkyl halides is 3. The Balaban J connectivity index is 2.98. The number of aliphatic imine (C=N–C) groups is 1. The van der Waals surface area contributed by atoms with Crippen LogP contribution in [0.3, 0.4) is 0 Å². The van der Waals surface area contributed by atoms with E-state index < -0.39 is 11.7 Å². The summed E-state index contributed by atoms with van der Waals surface area (Å²) in [6, 6.07) is 3.82. The molecule has 0 amide bonds. The smallest absolute Gasteiger partial charge is 0.370 e. The minimum absolute atomic E-state index is 0.0264. The van der Waals surface area contributed by atoms with Gasteiger partial charge in [0.15, 0.2) is 5.96 Å². The summed E-state index contributed by atoms with van der Waals surface area (Å²) >= 11 is 3.02. The fraction of sp³-hybridized carbons (Fsp3) is 0.417. The van der Waals surface area contributed by atoms with E-state index >= 15 is 0 Å². The Kier molecular flexibility index (Phi) is 5.22. The van der Waals surface area contributed by atoms with Gasteiger partial charge in [-0.25, -0.2) is 0 Å². The molecule has 0 bridgehead atoms. The number of halogens is 4. The van der Waals surface area contributed by atoms with Crippen molar-refractivity contribution in [1.82, 2.24) is 0 Å². The summed E-state index contributed by atoms with van der Waals surface area (Å²) in [7, 11) is 0. The molecule has 0 spiro atoms. The van der Waals surface area contributed by atoms with Gasteiger partial charge in [0.05, 0.1) is 11.3 Å². The highest BCUT2D eigenvalue weighted by Crippen LogP contribution is 2.36. The van der Waals surface area contributed by atoms with Crippen molar-refractivity contribution >= 4 is 27.6 Å². The molecule has 0 heterocycles. The zero-order valence-corrected chi connectivity index (χ0v) is 12.1. The molecule has 0 radical (unpaired) electrons. The van der Waals surface area contributed by atoms with Gasteiger partial charge in [-0.3, -0.25) is 4.99 Å². The number of guanidine groups is 1. The average molecular weight is 338 g/mol. The van der Waals surface area contributed by atoms with E-state index in [-0.39, 0.29) is 17.6 Å². The molecule has 0 saturated carbocycles. The van der Waals surface area contributed by atoms with Crippen molar-refractivity contribution in [3.63, 3.8) is 0 Å². The van der Waals surface area contributed by atoms with Gasteiger partial charge in [0.2, 0.25) is 0 Å². The molecule has 3 nitrogen and oxygen atoms in total. The lowest BCUT2D eigenvalue weighted by molar-refractivity contribution is -0.136. The first-order valence-electron chi connectivity index (χ1n) is 5.64. The second-order valence-corrected chi connectivity index (χ2v) is 5.35. The first kappa shape index (κ1) is 15.8. The van der Waals surface area contributed by atoms with E-state index in [1.165, 1.54) is 12.1 Å². The molecule has 0 atom stereocenters. The number of hydrogen-bond acceptors (Lipinski definition) is 1. The van der Waals surface area contributed by atoms with Crippen LogP contribution in [0, 0.1) is 5.92 Å². The molecule has 0 aliphatic heterocycles. The standard InChI is InChI=1S/C12H15BrF3N3/c1-7(2)6-18-11(17)19-10-4-3-8(13)5-9(10)12(14,15)16/h3-5,7H,6H2,1-2H3,(H3,17,18,19). The monoisotopic (exact) mass is 337 g/mol. The van der Waals surface area contributed by atoms with Gasteiger partial charge in [-0.15, -0.1) is 0 Å². The fourth-order valence-electron chi connectivity index (χ4n) is 1.32. The third kappa shape index (κ3) is 5.10. The predicted molar refractivity (Wildman–Crippen MR) is 74.1 cm³/mol. The molecule has 0 aliphatic carbocycles. The number of benzene rings is 1. The molecule has 1 aromatic carbocycles. The molecule has 3 N–H and O–H groups in total. The number of nitrogens with zero attached hydrogens (tertiary/aromatic N) is 1. The first-order chi connectivity index (χ1) is 8.70. The lowest BCUT2D eigenvalue weighted by atomic mass is 10.1. The van der Waals surface area contributed by atoms with E-state index in [2.05, 4.69) is 26.2 Å². The highest BCUT2D eigenvalue weighted by Gasteiger charge is 2.33. The lowest BCUT2D eigenvalue weighted by Crippen LogP contribution is -2.25. The maximum absolute atomic E-state index is 12.9. The molecule has 7 heteroatoms. The average Bonchev–Trinajstić information content (AvgIpc) is 2.27. The summed E-state index contributed by atoms with van der Waals surface area (Å²) in [5.41, 5.74) is 4.67. The third-order valence-electron chi connectivity index (χ3n) is 2.18. The number of nitrogens with two attached hydrogens (primary N) is 1. The van der Waals surface area contributed by atoms with Crippen molar-refractivity contribution in [3.8, 4) is 0 Å². The van der Waals surface area contributed by atoms with Crippen molar-refractivity contribution in [2.75, 3.05) is 11.9 Å². The highest BCUT2D eigenvalue weighted by molar-refractivity contribution is 9.10. The van der Waals surface area contributed by atoms with Gasteiger partial charge in [0, 0.05) is 11.0 Å². The fourth-order valence-corrected chi connectivity index (χ4v) is 1.68. The van der Waals surface area contributed by atoms with Crippen LogP contribution >= 0.6 is 15.9 Å². The molecular weight excluding hydrogens is 323 g/mol. The van der Waals surface area contributed by atoms with Gasteiger partial charge in [0.25, 0.3) is 0 Å². The van der Waals surface area contributed by atoms with Gasteiger partial charge in [0.1, 0.15) is 0 Å². The van der Waals surface area contributed by atoms with Crippen LogP contribution in [0.1, 0.15) is 19.4 Å². The van der Waals surface area contributed by atoms with E-state index in [4.69, 9.17) is 5.73 Å². The molecule has 0 fully saturated rings. The molecule has 0 aliphatic rings. The summed E-state index contributed by atoms with van der Waals surface area (Å²) in [5, 5.41) is 2.49. The maximum atomic E-state index is 12.9. The number of nitrogens with one attached hydrogen (secondary N) is 1. The minimum atomic E-state index is -4.45. The Hall–Kier alpha value is -1.24. The Labute approximate surface area is 118 Å². The van der Waals surface area contributed by atoms with Crippen molar-refractivity contribution in [2.45, 2.75) is 20.0 Å². The maximum Gasteiger partial charge on any atom is 0.418 e. The molecule has 1 aromatic rings. The van der Waals surface area contributed by atoms with E-state index in [9.17, 15) is 13.2 Å². The van der Waals surface area contributed by atoms with E-state index in [1.54, 1.807) is 0 Å². The van der Waals surface area contributed by atoms with Crippen LogP contribution in [0.2, 0.25) is 0 Å². The second-order valence-electron chi connectivity index (χ2n) is 4.43. The van der Waals surface area contributed by atoms with Crippen LogP contribution in [0.25, 0.3) is 0 Å². The van der Waals surface area contributed by atoms with Crippen molar-refractivity contribution < 1.29 is 13.2 Å². The van der Waals surface area contributed by atoms with E-state index in [1.807, 2.05) is 13.8 Å². The number of hydrogen-bond donors (Lipinski definition) is 2. The van der Waals surface area contributed by atoms with Crippen molar-refractivity contribution in [3.05, 3.63) is 28.2 Å². The minimum Gasteiger partial charge on any atom is -0.370 e. The molecule has 1 rings (SSSR count). The lowest BCUT2D eigenvalue weighted by Gasteiger charge is -2.14. The first-order valence-corrected chi connectivity index (χ1v) is 6.43. The zero-order valence-electron chi connectivity index (χ0n) is 10.6. The third-order valence-corrected chi connectivity index (χ3v) is 2.67. The number of anilines is 1. The second kappa shape index (κ2) is 6.27. The van der Waals surface area contributed by atoms with Crippen LogP contribution in [0.4, 0.5) is 18.9 Å². The Bertz CT molecular complexity index is 470. The summed E-state index contributed by atoms with van der Waals surface area (Å²) in [6.45, 7) is 4.34. The van der Waals surface area contributed by atoms with Crippen molar-refractivity contribution in [1.29, 1.82) is 0 Å². The van der Waals surface area contributed by atoms with Gasteiger partial charge >= 0.3 is 6.18 Å². The number of rotatable bonds is 3. The van der Waals surface area contributed by atoms with E-state index in [0.717, 1.165) is 6.07 Å². The summed E-state index contributed by atoms with van der Waals surface area (Å²) in [5.74, 6) is 0.258. The van der Waals surface area contributed by atoms with Crippen LogP contribution < -0.4 is 11.1 Å². The van der Waals surface area contributed by atoms with Gasteiger partial charge in [-0.05, 0) is 24.1 Å². The largest absolute Gasteiger partial charge is 0.418 e. The van der Waals surface area contributed by atoms with Crippen molar-refractivity contribution in [2.24, 2.45) is 16.6 Å². The molecule has 0 unspecified atom stereocenters. The summed E-state index contributed by atoms with van der Waals surface area (Å²) in [6.07, 6.45) is -4.45. The molecular formula is C12H15BrF3N3. The zero-order chi connectivity index (χ0) is 14.6. The Morgan fingerprint density at radius 1 is 1.42 bits per heavy atom. The Morgan fingerprint density at radius 3 is 2.58 bits per heavy atom. The van der Waals surface area contributed by atoms with Gasteiger partial charge < -0.3 is 11.1 Å². The SMILES string of the molecule is CC(C)CN=C(N)Nc1ccc(Br)cc1C(F)(F)F. The molecule has 106 valence electrons. The quantitative estimate of drug-likeness (QED) is 0.650. The van der Waals surface area contributed by atoms with Crippen LogP contribution in [0.5, 0.6) is 0 Å². The molecule has 19 heavy (non-hydrogen) atoms. The summed E-state index contributed by atoms with van der Waals surface area (Å²) in [4.78, 5) is 3.97. The van der Waals surface area contributed by atoms with Crippen LogP contribution in [0.15, 0.2) is 27.7 Å². The van der Waals surface area contributed by atoms with Gasteiger partial charge in [-0.1, -0.05) is 29.8 Å². The summed E-state index contributed by atoms with van der Waals surface area (Å²) < 4.78 is 38.9. The molecule has 0 saturated heterocycles. The predicted octanol–water partition coefficient (Wildman–Crippen LogP) is 3.85. The van der Waals surface area contributed by atoms with Crippen LogP contribution in [-0.4, -0.2) is 12.5 Å². The van der Waals surface area contributed by atoms with Crippen LogP contribution in [-0.2, 0) is 6.18 Å². The normalized spacial score (nSPS) is 12.9. The highest BCUT2D eigenvalue weighted by atomic mass is 79.9. The van der Waals surface area contributed by atoms with E-state index in [0.29, 0.717) is 11.0 Å². The topological polar surface area (TPSA) is 50.4 Å². The molecule has 0 aromatic heterocycles. The van der Waals surface area contributed by atoms with Gasteiger partial charge in [-0.2, -0.15) is 13.2 Å². The Morgan fingerprint density at radius 2 is 2.05 bits per heavy atom.